The topological polar surface area (TPSA) is 72.1 Å². The lowest BCUT2D eigenvalue weighted by Gasteiger charge is -2.16. The summed E-state index contributed by atoms with van der Waals surface area (Å²) in [7, 11) is 1.36. The van der Waals surface area contributed by atoms with E-state index in [0.717, 1.165) is 35.3 Å². The number of esters is 1. The zero-order valence-corrected chi connectivity index (χ0v) is 23.7. The molecule has 1 aliphatic rings. The third-order valence-corrected chi connectivity index (χ3v) is 7.85. The Bertz CT molecular complexity index is 1620. The number of benzene rings is 3. The molecule has 0 N–H and O–H groups in total. The molecule has 5 rings (SSSR count). The summed E-state index contributed by atoms with van der Waals surface area (Å²) in [6.07, 6.45) is 3.61. The van der Waals surface area contributed by atoms with Crippen molar-refractivity contribution in [2.45, 2.75) is 33.6 Å². The Balaban J connectivity index is 1.50. The maximum absolute atomic E-state index is 13.7. The minimum absolute atomic E-state index is 0.167. The molecule has 0 unspecified atom stereocenters. The molecule has 1 aromatic heterocycles. The highest BCUT2D eigenvalue weighted by Crippen LogP contribution is 2.38. The van der Waals surface area contributed by atoms with Crippen LogP contribution in [0.1, 0.15) is 46.7 Å². The van der Waals surface area contributed by atoms with Crippen molar-refractivity contribution in [2.24, 2.45) is 4.99 Å². The number of amidine groups is 1. The Kier molecular flexibility index (Phi) is 8.03. The molecule has 0 aliphatic carbocycles. The van der Waals surface area contributed by atoms with Crippen molar-refractivity contribution in [3.05, 3.63) is 112 Å². The number of aliphatic imine (C=N–C) groups is 1. The zero-order chi connectivity index (χ0) is 28.2. The van der Waals surface area contributed by atoms with Gasteiger partial charge in [-0.05, 0) is 90.7 Å². The molecule has 40 heavy (non-hydrogen) atoms. The fraction of sp³-hybridized carbons (Fsp3) is 0.182. The van der Waals surface area contributed by atoms with Crippen LogP contribution < -0.4 is 4.90 Å². The van der Waals surface area contributed by atoms with E-state index in [1.165, 1.54) is 30.0 Å². The Hall–Kier alpha value is -4.36. The second kappa shape index (κ2) is 11.8. The molecule has 0 atom stereocenters. The first kappa shape index (κ1) is 27.2. The zero-order valence-electron chi connectivity index (χ0n) is 22.9. The van der Waals surface area contributed by atoms with Crippen LogP contribution in [0.3, 0.4) is 0 Å². The van der Waals surface area contributed by atoms with Gasteiger partial charge in [0.1, 0.15) is 11.5 Å². The maximum atomic E-state index is 13.7. The average Bonchev–Trinajstić information content (AvgIpc) is 3.57. The van der Waals surface area contributed by atoms with Crippen molar-refractivity contribution >= 4 is 46.3 Å². The Labute approximate surface area is 238 Å². The van der Waals surface area contributed by atoms with Crippen molar-refractivity contribution in [1.82, 2.24) is 0 Å². The molecule has 1 amide bonds. The number of rotatable bonds is 7. The largest absolute Gasteiger partial charge is 0.465 e. The van der Waals surface area contributed by atoms with Gasteiger partial charge in [-0.15, -0.1) is 0 Å². The van der Waals surface area contributed by atoms with Crippen LogP contribution in [0.25, 0.3) is 17.4 Å². The van der Waals surface area contributed by atoms with E-state index in [0.29, 0.717) is 27.2 Å². The summed E-state index contributed by atoms with van der Waals surface area (Å²) in [4.78, 5) is 32.9. The maximum Gasteiger partial charge on any atom is 0.338 e. The smallest absolute Gasteiger partial charge is 0.338 e. The first-order chi connectivity index (χ1) is 19.4. The highest BCUT2D eigenvalue weighted by atomic mass is 32.2. The number of anilines is 1. The third kappa shape index (κ3) is 5.51. The number of furan rings is 1. The lowest BCUT2D eigenvalue weighted by molar-refractivity contribution is -0.113. The fourth-order valence-electron chi connectivity index (χ4n) is 4.51. The summed E-state index contributed by atoms with van der Waals surface area (Å²) in [5, 5.41) is 0.582. The summed E-state index contributed by atoms with van der Waals surface area (Å²) < 4.78 is 11.0. The van der Waals surface area contributed by atoms with Crippen LogP contribution in [0, 0.1) is 6.92 Å². The number of nitrogens with zero attached hydrogens (tertiary/aromatic N) is 2. The fourth-order valence-corrected chi connectivity index (χ4v) is 5.49. The van der Waals surface area contributed by atoms with Gasteiger partial charge in [0, 0.05) is 11.6 Å². The van der Waals surface area contributed by atoms with Gasteiger partial charge in [-0.1, -0.05) is 50.2 Å². The van der Waals surface area contributed by atoms with Crippen molar-refractivity contribution in [1.29, 1.82) is 0 Å². The summed E-state index contributed by atoms with van der Waals surface area (Å²) in [6, 6.07) is 25.1. The molecule has 2 heterocycles. The Morgan fingerprint density at radius 2 is 1.62 bits per heavy atom. The second-order valence-electron chi connectivity index (χ2n) is 9.36. The van der Waals surface area contributed by atoms with Crippen LogP contribution in [0.15, 0.2) is 93.2 Å². The van der Waals surface area contributed by atoms with Crippen LogP contribution in [-0.4, -0.2) is 24.2 Å². The Morgan fingerprint density at radius 3 is 2.27 bits per heavy atom. The normalized spacial score (nSPS) is 15.3. The second-order valence-corrected chi connectivity index (χ2v) is 10.4. The number of methoxy groups -OCH3 is 1. The van der Waals surface area contributed by atoms with Crippen LogP contribution in [-0.2, 0) is 22.4 Å². The molecule has 4 aromatic rings. The van der Waals surface area contributed by atoms with Crippen LogP contribution in [0.4, 0.5) is 11.4 Å². The summed E-state index contributed by atoms with van der Waals surface area (Å²) in [6.45, 7) is 6.07. The van der Waals surface area contributed by atoms with Gasteiger partial charge < -0.3 is 9.15 Å². The molecule has 0 spiro atoms. The monoisotopic (exact) mass is 550 g/mol. The van der Waals surface area contributed by atoms with Gasteiger partial charge in [0.2, 0.25) is 0 Å². The first-order valence-electron chi connectivity index (χ1n) is 13.2. The molecule has 1 aliphatic heterocycles. The lowest BCUT2D eigenvalue weighted by Crippen LogP contribution is -2.28. The van der Waals surface area contributed by atoms with E-state index in [1.807, 2.05) is 61.5 Å². The quantitative estimate of drug-likeness (QED) is 0.172. The molecule has 1 saturated heterocycles. The number of ether oxygens (including phenoxy) is 1. The SMILES string of the molecule is CCc1ccc(N=C2S/C(=C\c3ccc(-c4cccc(C(=O)OC)c4C)o3)C(=O)N2c2ccc(CC)cc2)cc1. The van der Waals surface area contributed by atoms with E-state index in [1.54, 1.807) is 23.1 Å². The van der Waals surface area contributed by atoms with Gasteiger partial charge in [0.15, 0.2) is 5.17 Å². The van der Waals surface area contributed by atoms with E-state index in [9.17, 15) is 9.59 Å². The van der Waals surface area contributed by atoms with Gasteiger partial charge in [0.05, 0.1) is 29.0 Å². The van der Waals surface area contributed by atoms with E-state index in [4.69, 9.17) is 14.1 Å². The minimum Gasteiger partial charge on any atom is -0.465 e. The van der Waals surface area contributed by atoms with Crippen molar-refractivity contribution in [3.63, 3.8) is 0 Å². The van der Waals surface area contributed by atoms with Crippen LogP contribution in [0.2, 0.25) is 0 Å². The number of carbonyl (C=O) groups excluding carboxylic acids is 2. The number of hydrogen-bond donors (Lipinski definition) is 0. The third-order valence-electron chi connectivity index (χ3n) is 6.88. The lowest BCUT2D eigenvalue weighted by atomic mass is 10.0. The standard InChI is InChI=1S/C33H30N2O4S/c1-5-22-10-14-24(15-11-22)34-33-35(25-16-12-23(6-2)13-17-25)31(36)30(40-33)20-26-18-19-29(39-26)27-8-7-9-28(21(27)3)32(37)38-4/h7-20H,5-6H2,1-4H3/b30-20-,34-33?. The highest BCUT2D eigenvalue weighted by molar-refractivity contribution is 8.19. The number of carbonyl (C=O) groups is 2. The summed E-state index contributed by atoms with van der Waals surface area (Å²) in [5.74, 6) is 0.565. The highest BCUT2D eigenvalue weighted by Gasteiger charge is 2.35. The molecule has 7 heteroatoms. The molecular weight excluding hydrogens is 520 g/mol. The molecule has 1 fully saturated rings. The van der Waals surface area contributed by atoms with Gasteiger partial charge in [-0.3, -0.25) is 9.69 Å². The molecule has 6 nitrogen and oxygen atoms in total. The number of thioether (sulfide) groups is 1. The molecule has 0 radical (unpaired) electrons. The molecule has 0 saturated carbocycles. The molecule has 3 aromatic carbocycles. The van der Waals surface area contributed by atoms with E-state index in [2.05, 4.69) is 26.0 Å². The summed E-state index contributed by atoms with van der Waals surface area (Å²) in [5.41, 5.74) is 6.00. The van der Waals surface area contributed by atoms with Gasteiger partial charge in [0.25, 0.3) is 5.91 Å². The average molecular weight is 551 g/mol. The van der Waals surface area contributed by atoms with Gasteiger partial charge in [-0.25, -0.2) is 9.79 Å². The first-order valence-corrected chi connectivity index (χ1v) is 14.0. The Morgan fingerprint density at radius 1 is 0.950 bits per heavy atom. The number of hydrogen-bond acceptors (Lipinski definition) is 6. The van der Waals surface area contributed by atoms with Crippen LogP contribution in [0.5, 0.6) is 0 Å². The van der Waals surface area contributed by atoms with E-state index in [-0.39, 0.29) is 5.91 Å². The van der Waals surface area contributed by atoms with Crippen molar-refractivity contribution in [2.75, 3.05) is 12.0 Å². The van der Waals surface area contributed by atoms with E-state index < -0.39 is 5.97 Å². The van der Waals surface area contributed by atoms with Crippen molar-refractivity contribution < 1.29 is 18.7 Å². The predicted molar refractivity (Wildman–Crippen MR) is 162 cm³/mol. The number of amides is 1. The number of aryl methyl sites for hydroxylation is 2. The minimum atomic E-state index is -0.399. The molecular formula is C33H30N2O4S. The van der Waals surface area contributed by atoms with E-state index >= 15 is 0 Å². The summed E-state index contributed by atoms with van der Waals surface area (Å²) >= 11 is 1.32. The van der Waals surface area contributed by atoms with Crippen molar-refractivity contribution in [3.8, 4) is 11.3 Å². The van der Waals surface area contributed by atoms with Gasteiger partial charge in [-0.2, -0.15) is 0 Å². The predicted octanol–water partition coefficient (Wildman–Crippen LogP) is 7.98. The van der Waals surface area contributed by atoms with Gasteiger partial charge >= 0.3 is 5.97 Å². The van der Waals surface area contributed by atoms with Crippen LogP contribution >= 0.6 is 11.8 Å². The molecule has 202 valence electrons. The molecule has 0 bridgehead atoms.